The second-order valence-corrected chi connectivity index (χ2v) is 10.5. The smallest absolute Gasteiger partial charge is 0.261 e. The Labute approximate surface area is 200 Å². The maximum Gasteiger partial charge on any atom is 0.261 e. The quantitative estimate of drug-likeness (QED) is 0.215. The first-order chi connectivity index (χ1) is 16.3. The fourth-order valence-corrected chi connectivity index (χ4v) is 5.58. The summed E-state index contributed by atoms with van der Waals surface area (Å²) < 4.78 is 33.4. The number of hydrogen-bond acceptors (Lipinski definition) is 7. The summed E-state index contributed by atoms with van der Waals surface area (Å²) in [5.74, 6) is -0.364. The summed E-state index contributed by atoms with van der Waals surface area (Å²) in [7, 11) is -4.06. The monoisotopic (exact) mass is 491 g/mol. The van der Waals surface area contributed by atoms with Crippen LogP contribution in [0.15, 0.2) is 59.5 Å². The highest BCUT2D eigenvalue weighted by molar-refractivity contribution is 7.89. The SMILES string of the molecule is CCCCNCC1(O)CCN(S(=O)(=O)c2ccc(OCc3ccccc3)cc2)C(C(=O)NO)C1. The number of benzene rings is 2. The molecule has 1 aliphatic rings. The lowest BCUT2D eigenvalue weighted by Gasteiger charge is -2.42. The van der Waals surface area contributed by atoms with Crippen LogP contribution in [0.5, 0.6) is 5.75 Å². The summed E-state index contributed by atoms with van der Waals surface area (Å²) >= 11 is 0. The molecule has 0 radical (unpaired) electrons. The molecule has 1 saturated heterocycles. The molecule has 2 aromatic carbocycles. The minimum absolute atomic E-state index is 0.00168. The van der Waals surface area contributed by atoms with Crippen molar-refractivity contribution in [2.75, 3.05) is 19.6 Å². The van der Waals surface area contributed by atoms with E-state index in [1.807, 2.05) is 30.3 Å². The van der Waals surface area contributed by atoms with Crippen molar-refractivity contribution in [3.63, 3.8) is 0 Å². The first-order valence-corrected chi connectivity index (χ1v) is 12.9. The highest BCUT2D eigenvalue weighted by Crippen LogP contribution is 2.32. The van der Waals surface area contributed by atoms with Crippen molar-refractivity contribution < 1.29 is 28.3 Å². The summed E-state index contributed by atoms with van der Waals surface area (Å²) in [6.07, 6.45) is 1.99. The molecule has 1 fully saturated rings. The van der Waals surface area contributed by atoms with Gasteiger partial charge in [0.1, 0.15) is 18.4 Å². The van der Waals surface area contributed by atoms with Crippen molar-refractivity contribution in [3.8, 4) is 5.75 Å². The fraction of sp³-hybridized carbons (Fsp3) is 0.458. The van der Waals surface area contributed by atoms with Crippen LogP contribution in [0.2, 0.25) is 0 Å². The summed E-state index contributed by atoms with van der Waals surface area (Å²) in [5, 5.41) is 23.3. The molecule has 3 rings (SSSR count). The van der Waals surface area contributed by atoms with E-state index in [9.17, 15) is 23.5 Å². The van der Waals surface area contributed by atoms with E-state index in [-0.39, 0.29) is 30.8 Å². The lowest BCUT2D eigenvalue weighted by molar-refractivity contribution is -0.138. The predicted molar refractivity (Wildman–Crippen MR) is 127 cm³/mol. The van der Waals surface area contributed by atoms with Crippen LogP contribution in [0.4, 0.5) is 0 Å². The molecule has 0 spiro atoms. The van der Waals surface area contributed by atoms with E-state index in [4.69, 9.17) is 4.74 Å². The van der Waals surface area contributed by atoms with E-state index in [0.717, 1.165) is 29.3 Å². The van der Waals surface area contributed by atoms with Crippen LogP contribution in [-0.2, 0) is 21.4 Å². The van der Waals surface area contributed by atoms with Crippen LogP contribution >= 0.6 is 0 Å². The summed E-state index contributed by atoms with van der Waals surface area (Å²) in [4.78, 5) is 12.4. The van der Waals surface area contributed by atoms with Gasteiger partial charge in [0.15, 0.2) is 0 Å². The number of carbonyl (C=O) groups is 1. The van der Waals surface area contributed by atoms with Gasteiger partial charge in [-0.1, -0.05) is 43.7 Å². The Hall–Kier alpha value is -2.50. The number of aliphatic hydroxyl groups is 1. The zero-order chi connectivity index (χ0) is 24.6. The number of rotatable bonds is 11. The van der Waals surface area contributed by atoms with Gasteiger partial charge in [-0.05, 0) is 49.2 Å². The van der Waals surface area contributed by atoms with Gasteiger partial charge >= 0.3 is 0 Å². The van der Waals surface area contributed by atoms with Crippen molar-refractivity contribution in [2.24, 2.45) is 0 Å². The molecule has 34 heavy (non-hydrogen) atoms. The summed E-state index contributed by atoms with van der Waals surface area (Å²) in [6.45, 7) is 3.31. The van der Waals surface area contributed by atoms with Gasteiger partial charge in [-0.3, -0.25) is 10.0 Å². The standard InChI is InChI=1S/C24H33N3O6S/c1-2-3-14-25-18-24(29)13-15-27(22(16-24)23(28)26-30)34(31,32)21-11-9-20(10-12-21)33-17-19-7-5-4-6-8-19/h4-12,22,25,29-30H,2-3,13-18H2,1H3,(H,26,28). The Morgan fingerprint density at radius 2 is 1.88 bits per heavy atom. The molecule has 1 heterocycles. The van der Waals surface area contributed by atoms with E-state index < -0.39 is 27.6 Å². The number of unbranched alkanes of at least 4 members (excludes halogenated alkanes) is 1. The normalized spacial score (nSPS) is 21.2. The average Bonchev–Trinajstić information content (AvgIpc) is 2.85. The van der Waals surface area contributed by atoms with E-state index in [2.05, 4.69) is 12.2 Å². The zero-order valence-electron chi connectivity index (χ0n) is 19.3. The molecule has 1 amide bonds. The van der Waals surface area contributed by atoms with E-state index in [0.29, 0.717) is 12.4 Å². The molecule has 186 valence electrons. The number of ether oxygens (including phenoxy) is 1. The largest absolute Gasteiger partial charge is 0.489 e. The molecule has 9 nitrogen and oxygen atoms in total. The van der Waals surface area contributed by atoms with Crippen LogP contribution in [0.25, 0.3) is 0 Å². The highest BCUT2D eigenvalue weighted by Gasteiger charge is 2.46. The molecule has 0 aromatic heterocycles. The van der Waals surface area contributed by atoms with Gasteiger partial charge in [0.05, 0.1) is 10.5 Å². The lowest BCUT2D eigenvalue weighted by Crippen LogP contribution is -2.60. The van der Waals surface area contributed by atoms with Gasteiger partial charge in [-0.25, -0.2) is 13.9 Å². The third-order valence-electron chi connectivity index (χ3n) is 5.97. The second-order valence-electron chi connectivity index (χ2n) is 8.56. The minimum Gasteiger partial charge on any atom is -0.489 e. The fourth-order valence-electron chi connectivity index (χ4n) is 3.99. The molecule has 1 aliphatic heterocycles. The number of hydroxylamine groups is 1. The topological polar surface area (TPSA) is 128 Å². The van der Waals surface area contributed by atoms with Crippen LogP contribution in [-0.4, -0.2) is 60.2 Å². The molecule has 2 atom stereocenters. The Morgan fingerprint density at radius 1 is 1.18 bits per heavy atom. The van der Waals surface area contributed by atoms with Crippen LogP contribution in [0.3, 0.4) is 0 Å². The number of amides is 1. The molecule has 2 unspecified atom stereocenters. The molecule has 0 saturated carbocycles. The second kappa shape index (κ2) is 11.8. The van der Waals surface area contributed by atoms with Gasteiger partial charge < -0.3 is 15.2 Å². The minimum atomic E-state index is -4.06. The third kappa shape index (κ3) is 6.55. The van der Waals surface area contributed by atoms with Crippen molar-refractivity contribution >= 4 is 15.9 Å². The number of carbonyl (C=O) groups excluding carboxylic acids is 1. The van der Waals surface area contributed by atoms with Crippen molar-refractivity contribution in [2.45, 2.75) is 55.8 Å². The average molecular weight is 492 g/mol. The number of nitrogens with zero attached hydrogens (tertiary/aromatic N) is 1. The Bertz CT molecular complexity index is 1030. The van der Waals surface area contributed by atoms with Gasteiger partial charge in [0.2, 0.25) is 10.0 Å². The predicted octanol–water partition coefficient (Wildman–Crippen LogP) is 2.04. The molecule has 2 aromatic rings. The van der Waals surface area contributed by atoms with Gasteiger partial charge in [0.25, 0.3) is 5.91 Å². The van der Waals surface area contributed by atoms with Crippen molar-refractivity contribution in [1.82, 2.24) is 15.1 Å². The van der Waals surface area contributed by atoms with E-state index in [1.165, 1.54) is 12.1 Å². The molecular weight excluding hydrogens is 458 g/mol. The van der Waals surface area contributed by atoms with E-state index >= 15 is 0 Å². The van der Waals surface area contributed by atoms with E-state index in [1.54, 1.807) is 17.6 Å². The van der Waals surface area contributed by atoms with Gasteiger partial charge in [-0.15, -0.1) is 0 Å². The first-order valence-electron chi connectivity index (χ1n) is 11.4. The third-order valence-corrected chi connectivity index (χ3v) is 7.89. The van der Waals surface area contributed by atoms with Gasteiger partial charge in [0, 0.05) is 19.5 Å². The van der Waals surface area contributed by atoms with Crippen LogP contribution in [0, 0.1) is 0 Å². The lowest BCUT2D eigenvalue weighted by atomic mass is 9.87. The maximum atomic E-state index is 13.3. The molecule has 10 heteroatoms. The maximum absolute atomic E-state index is 13.3. The Balaban J connectivity index is 1.71. The van der Waals surface area contributed by atoms with Crippen LogP contribution < -0.4 is 15.5 Å². The molecule has 4 N–H and O–H groups in total. The number of sulfonamides is 1. The Morgan fingerprint density at radius 3 is 2.53 bits per heavy atom. The summed E-state index contributed by atoms with van der Waals surface area (Å²) in [5.41, 5.74) is 1.28. The van der Waals surface area contributed by atoms with Crippen LogP contribution in [0.1, 0.15) is 38.2 Å². The molecular formula is C24H33N3O6S. The Kier molecular flexibility index (Phi) is 9.03. The number of piperidine rings is 1. The molecule has 0 bridgehead atoms. The number of hydrogen-bond donors (Lipinski definition) is 4. The first kappa shape index (κ1) is 26.1. The number of nitrogens with one attached hydrogen (secondary N) is 2. The van der Waals surface area contributed by atoms with Gasteiger partial charge in [-0.2, -0.15) is 4.31 Å². The molecule has 0 aliphatic carbocycles. The van der Waals surface area contributed by atoms with Crippen molar-refractivity contribution in [1.29, 1.82) is 0 Å². The van der Waals surface area contributed by atoms with Crippen molar-refractivity contribution in [3.05, 3.63) is 60.2 Å². The highest BCUT2D eigenvalue weighted by atomic mass is 32.2. The summed E-state index contributed by atoms with van der Waals surface area (Å²) in [6, 6.07) is 14.3. The zero-order valence-corrected chi connectivity index (χ0v) is 20.1.